The van der Waals surface area contributed by atoms with Crippen molar-refractivity contribution < 1.29 is 68.3 Å². The fraction of sp³-hybridized carbons (Fsp3) is 0. The Kier molecular flexibility index (Phi) is 215. The van der Waals surface area contributed by atoms with Gasteiger partial charge in [-0.2, -0.15) is 0 Å². The number of hydrogen-bond acceptors (Lipinski definition) is 0. The van der Waals surface area contributed by atoms with Crippen molar-refractivity contribution in [2.75, 3.05) is 0 Å². The molecule has 16 valence electrons. The standard InChI is InChI=1S/La.2O.Ti/q+3;2*-2;+4. The van der Waals surface area contributed by atoms with Gasteiger partial charge in [-0.25, -0.2) is 0 Å². The van der Waals surface area contributed by atoms with Gasteiger partial charge in [-0.15, -0.1) is 0 Å². The summed E-state index contributed by atoms with van der Waals surface area (Å²) in [4.78, 5) is 0. The van der Waals surface area contributed by atoms with E-state index < -0.39 is 0 Å². The van der Waals surface area contributed by atoms with E-state index >= 15 is 0 Å². The van der Waals surface area contributed by atoms with Crippen LogP contribution in [0.4, 0.5) is 0 Å². The molecule has 0 aromatic heterocycles. The predicted octanol–water partition coefficient (Wildman–Crippen LogP) is -0.240. The minimum Gasteiger partial charge on any atom is -2.00 e. The maximum Gasteiger partial charge on any atom is 4.00 e. The SMILES string of the molecule is [La+3].[O-2].[O-2].[Ti+4]. The molecule has 4 heteroatoms. The first-order chi connectivity index (χ1) is 0. The molecule has 0 atom stereocenters. The Balaban J connectivity index is 0. The van der Waals surface area contributed by atoms with Gasteiger partial charge in [-0.1, -0.05) is 0 Å². The summed E-state index contributed by atoms with van der Waals surface area (Å²) >= 11 is 0. The van der Waals surface area contributed by atoms with Crippen LogP contribution >= 0.6 is 0 Å². The van der Waals surface area contributed by atoms with Crippen molar-refractivity contribution in [3.63, 3.8) is 0 Å². The second-order valence-corrected chi connectivity index (χ2v) is 0. The van der Waals surface area contributed by atoms with Gasteiger partial charge in [0.2, 0.25) is 0 Å². The first-order valence-corrected chi connectivity index (χ1v) is 0. The largest absolute Gasteiger partial charge is 4.00 e. The molecule has 0 aromatic rings. The van der Waals surface area contributed by atoms with Crippen molar-refractivity contribution in [3.8, 4) is 0 Å². The van der Waals surface area contributed by atoms with E-state index in [2.05, 4.69) is 0 Å². The van der Waals surface area contributed by atoms with E-state index in [4.69, 9.17) is 0 Å². The summed E-state index contributed by atoms with van der Waals surface area (Å²) in [5, 5.41) is 0. The summed E-state index contributed by atoms with van der Waals surface area (Å²) < 4.78 is 0. The summed E-state index contributed by atoms with van der Waals surface area (Å²) in [6.07, 6.45) is 0. The first kappa shape index (κ1) is 40.6. The van der Waals surface area contributed by atoms with Gasteiger partial charge in [0, 0.05) is 0 Å². The summed E-state index contributed by atoms with van der Waals surface area (Å²) in [6, 6.07) is 0. The van der Waals surface area contributed by atoms with E-state index in [0.29, 0.717) is 0 Å². The second kappa shape index (κ2) is 21.2. The zero-order valence-corrected chi connectivity index (χ0v) is 7.08. The Bertz CT molecular complexity index is 6.00. The quantitative estimate of drug-likeness (QED) is 0.504. The summed E-state index contributed by atoms with van der Waals surface area (Å²) in [6.45, 7) is 0. The molecule has 0 unspecified atom stereocenters. The van der Waals surface area contributed by atoms with E-state index in [1.165, 1.54) is 0 Å². The maximum absolute atomic E-state index is 0. The van der Waals surface area contributed by atoms with E-state index in [1.54, 1.807) is 0 Å². The van der Waals surface area contributed by atoms with Crippen LogP contribution in [-0.4, -0.2) is 0 Å². The minimum atomic E-state index is 0. The predicted molar refractivity (Wildman–Crippen MR) is 1.37 cm³/mol. The molecule has 0 amide bonds. The smallest absolute Gasteiger partial charge is 2.00 e. The Morgan fingerprint density at radius 3 is 0.750 bits per heavy atom. The summed E-state index contributed by atoms with van der Waals surface area (Å²) in [5.41, 5.74) is 0. The van der Waals surface area contributed by atoms with Crippen molar-refractivity contribution in [1.82, 2.24) is 0 Å². The van der Waals surface area contributed by atoms with E-state index in [-0.39, 0.29) is 68.3 Å². The fourth-order valence-electron chi connectivity index (χ4n) is 0. The van der Waals surface area contributed by atoms with Gasteiger partial charge in [0.25, 0.3) is 0 Å². The number of hydrogen-bond donors (Lipinski definition) is 0. The van der Waals surface area contributed by atoms with Crippen LogP contribution in [0.3, 0.4) is 0 Å². The average Bonchev–Trinajstić information content (AvgIpc) is 0. The zero-order valence-electron chi connectivity index (χ0n) is 1.89. The third-order valence-electron chi connectivity index (χ3n) is 0. The van der Waals surface area contributed by atoms with Crippen LogP contribution < -0.4 is 0 Å². The minimum absolute atomic E-state index is 0. The van der Waals surface area contributed by atoms with Gasteiger partial charge in [0.05, 0.1) is 0 Å². The topological polar surface area (TPSA) is 57.0 Å². The van der Waals surface area contributed by atoms with Crippen molar-refractivity contribution in [2.24, 2.45) is 0 Å². The molecule has 0 aliphatic rings. The van der Waals surface area contributed by atoms with E-state index in [0.717, 1.165) is 0 Å². The Morgan fingerprint density at radius 2 is 0.750 bits per heavy atom. The number of rotatable bonds is 0. The molecule has 0 spiro atoms. The molecule has 0 aliphatic carbocycles. The fourth-order valence-corrected chi connectivity index (χ4v) is 0. The van der Waals surface area contributed by atoms with Crippen LogP contribution in [0.15, 0.2) is 0 Å². The molecular weight excluding hydrogens is 219 g/mol. The first-order valence-electron chi connectivity index (χ1n) is 0. The summed E-state index contributed by atoms with van der Waals surface area (Å²) in [5.74, 6) is 0. The molecule has 0 N–H and O–H groups in total. The average molecular weight is 219 g/mol. The third-order valence-corrected chi connectivity index (χ3v) is 0. The van der Waals surface area contributed by atoms with Crippen LogP contribution in [0.2, 0.25) is 0 Å². The normalized spacial score (nSPS) is 0. The maximum atomic E-state index is 0. The molecule has 0 saturated carbocycles. The van der Waals surface area contributed by atoms with E-state index in [9.17, 15) is 0 Å². The molecule has 0 heterocycles. The van der Waals surface area contributed by atoms with Crippen LogP contribution in [-0.2, 0) is 32.7 Å². The van der Waals surface area contributed by atoms with Crippen LogP contribution in [0.1, 0.15) is 0 Å². The van der Waals surface area contributed by atoms with Crippen molar-refractivity contribution >= 4 is 0 Å². The monoisotopic (exact) mass is 219 g/mol. The van der Waals surface area contributed by atoms with Gasteiger partial charge >= 0.3 is 57.3 Å². The Morgan fingerprint density at radius 1 is 0.750 bits per heavy atom. The Labute approximate surface area is 67.4 Å². The molecule has 0 fully saturated rings. The van der Waals surface area contributed by atoms with Gasteiger partial charge in [-0.3, -0.25) is 0 Å². The molecule has 0 aliphatic heterocycles. The van der Waals surface area contributed by atoms with Gasteiger partial charge in [0.1, 0.15) is 0 Å². The molecule has 0 bridgehead atoms. The Hall–Kier alpha value is 1.83. The summed E-state index contributed by atoms with van der Waals surface area (Å²) in [7, 11) is 0. The molecule has 0 rings (SSSR count). The van der Waals surface area contributed by atoms with E-state index in [1.807, 2.05) is 0 Å². The molecular formula is LaO2Ti+3. The van der Waals surface area contributed by atoms with Gasteiger partial charge in [0.15, 0.2) is 0 Å². The van der Waals surface area contributed by atoms with Crippen LogP contribution in [0, 0.1) is 35.6 Å². The van der Waals surface area contributed by atoms with Crippen molar-refractivity contribution in [2.45, 2.75) is 0 Å². The van der Waals surface area contributed by atoms with Gasteiger partial charge < -0.3 is 11.0 Å². The molecule has 4 heavy (non-hydrogen) atoms. The van der Waals surface area contributed by atoms with Crippen molar-refractivity contribution in [1.29, 1.82) is 0 Å². The molecule has 2 nitrogen and oxygen atoms in total. The molecule has 0 saturated heterocycles. The zero-order chi connectivity index (χ0) is 0. The van der Waals surface area contributed by atoms with Crippen LogP contribution in [0.25, 0.3) is 0 Å². The second-order valence-electron chi connectivity index (χ2n) is 0. The van der Waals surface area contributed by atoms with Crippen LogP contribution in [0.5, 0.6) is 0 Å². The third kappa shape index (κ3) is 9.16. The van der Waals surface area contributed by atoms with Gasteiger partial charge in [-0.05, 0) is 0 Å². The molecule has 0 aromatic carbocycles. The van der Waals surface area contributed by atoms with Crippen molar-refractivity contribution in [3.05, 3.63) is 0 Å². The molecule has 0 radical (unpaired) electrons.